The third-order valence-corrected chi connectivity index (χ3v) is 7.11. The highest BCUT2D eigenvalue weighted by Gasteiger charge is 2.19. The zero-order valence-corrected chi connectivity index (χ0v) is 21.7. The predicted molar refractivity (Wildman–Crippen MR) is 150 cm³/mol. The predicted octanol–water partition coefficient (Wildman–Crippen LogP) is 9.19. The van der Waals surface area contributed by atoms with Crippen molar-refractivity contribution in [1.82, 2.24) is 0 Å². The lowest BCUT2D eigenvalue weighted by Crippen LogP contribution is -2.06. The summed E-state index contributed by atoms with van der Waals surface area (Å²) in [5.74, 6) is 0.890. The molecular weight excluding hydrogens is 412 g/mol. The van der Waals surface area contributed by atoms with Gasteiger partial charge < -0.3 is 10.6 Å². The van der Waals surface area contributed by atoms with E-state index in [1.165, 1.54) is 85.0 Å². The van der Waals surface area contributed by atoms with Gasteiger partial charge in [0.2, 0.25) is 0 Å². The van der Waals surface area contributed by atoms with Gasteiger partial charge in [-0.15, -0.1) is 0 Å². The average molecular weight is 457 g/mol. The zero-order chi connectivity index (χ0) is 24.2. The normalized spacial score (nSPS) is 12.8. The molecule has 0 radical (unpaired) electrons. The van der Waals surface area contributed by atoms with Crippen LogP contribution in [0.3, 0.4) is 0 Å². The molecular formula is C32H44N2. The maximum Gasteiger partial charge on any atom is 0.0337 e. The van der Waals surface area contributed by atoms with Gasteiger partial charge in [0.05, 0.1) is 0 Å². The smallest absolute Gasteiger partial charge is 0.0337 e. The van der Waals surface area contributed by atoms with Crippen LogP contribution in [-0.2, 0) is 0 Å². The van der Waals surface area contributed by atoms with Crippen molar-refractivity contribution in [3.05, 3.63) is 95.1 Å². The molecule has 2 unspecified atom stereocenters. The lowest BCUT2D eigenvalue weighted by atomic mass is 9.82. The highest BCUT2D eigenvalue weighted by atomic mass is 14.8. The first kappa shape index (κ1) is 25.9. The number of unbranched alkanes of at least 4 members (excludes halogenated alkanes) is 4. The Morgan fingerprint density at radius 2 is 0.941 bits per heavy atom. The molecule has 0 amide bonds. The highest BCUT2D eigenvalue weighted by Crippen LogP contribution is 2.36. The second kappa shape index (κ2) is 13.8. The number of hydrogen-bond acceptors (Lipinski definition) is 2. The van der Waals surface area contributed by atoms with Crippen LogP contribution in [0.25, 0.3) is 0 Å². The van der Waals surface area contributed by atoms with Crippen LogP contribution in [0.4, 0.5) is 11.4 Å². The van der Waals surface area contributed by atoms with Crippen molar-refractivity contribution in [1.29, 1.82) is 0 Å². The van der Waals surface area contributed by atoms with E-state index in [1.807, 2.05) is 14.1 Å². The number of anilines is 2. The van der Waals surface area contributed by atoms with Gasteiger partial charge in [0.1, 0.15) is 0 Å². The number of rotatable bonds is 14. The minimum absolute atomic E-state index is 0.445. The van der Waals surface area contributed by atoms with E-state index in [1.54, 1.807) is 0 Å². The first-order chi connectivity index (χ1) is 16.7. The van der Waals surface area contributed by atoms with Crippen LogP contribution >= 0.6 is 0 Å². The quantitative estimate of drug-likeness (QED) is 0.236. The van der Waals surface area contributed by atoms with Crippen LogP contribution in [0.1, 0.15) is 99.3 Å². The van der Waals surface area contributed by atoms with E-state index in [9.17, 15) is 0 Å². The Labute approximate surface area is 208 Å². The molecule has 0 saturated carbocycles. The summed E-state index contributed by atoms with van der Waals surface area (Å²) in [7, 11) is 3.97. The van der Waals surface area contributed by atoms with Crippen molar-refractivity contribution >= 4 is 11.4 Å². The molecule has 2 heteroatoms. The molecule has 182 valence electrons. The van der Waals surface area contributed by atoms with Crippen molar-refractivity contribution in [2.45, 2.75) is 77.0 Å². The van der Waals surface area contributed by atoms with Crippen molar-refractivity contribution < 1.29 is 0 Å². The standard InChI is InChI=1S/C32H44N2/c1-5-7-9-14-31(25-16-20-29(33-3)21-17-25)27-12-11-13-28(24-27)32(15-10-8-6-2)26-18-22-30(34-4)23-19-26/h11-13,16-24,31-34H,5-10,14-15H2,1-4H3. The fraction of sp³-hybridized carbons (Fsp3) is 0.438. The van der Waals surface area contributed by atoms with Gasteiger partial charge in [-0.1, -0.05) is 101 Å². The molecule has 34 heavy (non-hydrogen) atoms. The lowest BCUT2D eigenvalue weighted by molar-refractivity contribution is 0.609. The Morgan fingerprint density at radius 1 is 0.529 bits per heavy atom. The topological polar surface area (TPSA) is 24.1 Å². The molecule has 3 aromatic rings. The van der Waals surface area contributed by atoms with E-state index in [-0.39, 0.29) is 0 Å². The monoisotopic (exact) mass is 456 g/mol. The molecule has 0 saturated heterocycles. The molecule has 0 heterocycles. The Morgan fingerprint density at radius 3 is 1.29 bits per heavy atom. The Kier molecular flexibility index (Phi) is 10.5. The van der Waals surface area contributed by atoms with E-state index < -0.39 is 0 Å². The van der Waals surface area contributed by atoms with E-state index in [0.29, 0.717) is 11.8 Å². The van der Waals surface area contributed by atoms with Gasteiger partial charge in [-0.05, 0) is 59.4 Å². The van der Waals surface area contributed by atoms with Crippen LogP contribution in [-0.4, -0.2) is 14.1 Å². The van der Waals surface area contributed by atoms with Crippen molar-refractivity contribution in [2.75, 3.05) is 24.7 Å². The average Bonchev–Trinajstić information content (AvgIpc) is 2.89. The molecule has 0 aliphatic heterocycles. The maximum atomic E-state index is 3.26. The summed E-state index contributed by atoms with van der Waals surface area (Å²) in [4.78, 5) is 0. The first-order valence-corrected chi connectivity index (χ1v) is 13.3. The summed E-state index contributed by atoms with van der Waals surface area (Å²) in [6, 6.07) is 27.6. The summed E-state index contributed by atoms with van der Waals surface area (Å²) in [6.45, 7) is 4.58. The molecule has 2 N–H and O–H groups in total. The van der Waals surface area contributed by atoms with Gasteiger partial charge in [-0.3, -0.25) is 0 Å². The van der Waals surface area contributed by atoms with Gasteiger partial charge in [0.15, 0.2) is 0 Å². The third kappa shape index (κ3) is 7.13. The molecule has 0 bridgehead atoms. The molecule has 0 aliphatic carbocycles. The van der Waals surface area contributed by atoms with Crippen LogP contribution in [0.5, 0.6) is 0 Å². The SMILES string of the molecule is CCCCCC(c1ccc(NC)cc1)c1cccc(C(CCCCC)c2ccc(NC)cc2)c1. The van der Waals surface area contributed by atoms with Gasteiger partial charge in [-0.2, -0.15) is 0 Å². The molecule has 0 fully saturated rings. The van der Waals surface area contributed by atoms with Crippen LogP contribution < -0.4 is 10.6 Å². The molecule has 0 aliphatic rings. The minimum atomic E-state index is 0.445. The maximum absolute atomic E-state index is 3.26. The minimum Gasteiger partial charge on any atom is -0.388 e. The van der Waals surface area contributed by atoms with Gasteiger partial charge in [0.25, 0.3) is 0 Å². The number of hydrogen-bond donors (Lipinski definition) is 2. The van der Waals surface area contributed by atoms with Gasteiger partial charge in [-0.25, -0.2) is 0 Å². The Balaban J connectivity index is 1.94. The molecule has 3 rings (SSSR count). The summed E-state index contributed by atoms with van der Waals surface area (Å²) >= 11 is 0. The van der Waals surface area contributed by atoms with E-state index >= 15 is 0 Å². The third-order valence-electron chi connectivity index (χ3n) is 7.11. The fourth-order valence-electron chi connectivity index (χ4n) is 5.01. The second-order valence-electron chi connectivity index (χ2n) is 9.51. The van der Waals surface area contributed by atoms with E-state index in [2.05, 4.69) is 97.3 Å². The summed E-state index contributed by atoms with van der Waals surface area (Å²) < 4.78 is 0. The van der Waals surface area contributed by atoms with Crippen molar-refractivity contribution in [3.63, 3.8) is 0 Å². The largest absolute Gasteiger partial charge is 0.388 e. The summed E-state index contributed by atoms with van der Waals surface area (Å²) in [6.07, 6.45) is 10.0. The summed E-state index contributed by atoms with van der Waals surface area (Å²) in [5.41, 5.74) is 8.11. The second-order valence-corrected chi connectivity index (χ2v) is 9.51. The van der Waals surface area contributed by atoms with Crippen molar-refractivity contribution in [2.24, 2.45) is 0 Å². The zero-order valence-electron chi connectivity index (χ0n) is 21.7. The highest BCUT2D eigenvalue weighted by molar-refractivity contribution is 5.48. The summed E-state index contributed by atoms with van der Waals surface area (Å²) in [5, 5.41) is 6.51. The molecule has 2 nitrogen and oxygen atoms in total. The Bertz CT molecular complexity index is 882. The lowest BCUT2D eigenvalue weighted by Gasteiger charge is -2.23. The Hall–Kier alpha value is -2.74. The fourth-order valence-corrected chi connectivity index (χ4v) is 5.01. The van der Waals surface area contributed by atoms with Crippen LogP contribution in [0.15, 0.2) is 72.8 Å². The van der Waals surface area contributed by atoms with Gasteiger partial charge >= 0.3 is 0 Å². The van der Waals surface area contributed by atoms with E-state index in [0.717, 1.165) is 0 Å². The molecule has 0 aromatic heterocycles. The molecule has 0 spiro atoms. The number of benzene rings is 3. The van der Waals surface area contributed by atoms with Crippen LogP contribution in [0, 0.1) is 0 Å². The van der Waals surface area contributed by atoms with Gasteiger partial charge in [0, 0.05) is 37.3 Å². The molecule has 3 aromatic carbocycles. The van der Waals surface area contributed by atoms with E-state index in [4.69, 9.17) is 0 Å². The molecule has 2 atom stereocenters. The number of nitrogens with one attached hydrogen (secondary N) is 2. The first-order valence-electron chi connectivity index (χ1n) is 13.3. The van der Waals surface area contributed by atoms with Crippen molar-refractivity contribution in [3.8, 4) is 0 Å². The van der Waals surface area contributed by atoms with Crippen LogP contribution in [0.2, 0.25) is 0 Å².